The van der Waals surface area contributed by atoms with Crippen molar-refractivity contribution >= 4 is 121 Å². The second-order valence-electron chi connectivity index (χ2n) is 34.5. The molecule has 574 valence electrons. The van der Waals surface area contributed by atoms with Gasteiger partial charge < -0.3 is 23.5 Å². The van der Waals surface area contributed by atoms with E-state index in [1.165, 1.54) is 193 Å². The number of rotatable bonds is 10. The van der Waals surface area contributed by atoms with Gasteiger partial charge in [0.15, 0.2) is 0 Å². The van der Waals surface area contributed by atoms with Gasteiger partial charge in [-0.3, -0.25) is 0 Å². The molecule has 0 saturated carbocycles. The summed E-state index contributed by atoms with van der Waals surface area (Å²) in [5, 5.41) is 12.3. The van der Waals surface area contributed by atoms with E-state index in [1.807, 2.05) is 0 Å². The van der Waals surface area contributed by atoms with Crippen LogP contribution in [0.1, 0.15) is 55.6 Å². The molecule has 20 aromatic carbocycles. The van der Waals surface area contributed by atoms with Crippen LogP contribution in [0.2, 0.25) is 0 Å². The lowest BCUT2D eigenvalue weighted by Gasteiger charge is -2.40. The average Bonchev–Trinajstić information content (AvgIpc) is 1.43. The predicted octanol–water partition coefficient (Wildman–Crippen LogP) is 30.5. The molecule has 2 unspecified atom stereocenters. The summed E-state index contributed by atoms with van der Waals surface area (Å²) in [5.41, 5.74) is 41.2. The number of para-hydroxylation sites is 8. The summed E-state index contributed by atoms with van der Waals surface area (Å²) in [4.78, 5) is 4.98. The molecule has 2 bridgehead atoms. The molecule has 23 aromatic rings. The average molecular weight is 1570 g/mol. The first kappa shape index (κ1) is 67.8. The van der Waals surface area contributed by atoms with Crippen molar-refractivity contribution in [2.45, 2.75) is 17.3 Å². The number of nitrogens with zero attached hydrogens (tertiary/aromatic N) is 5. The zero-order chi connectivity index (χ0) is 80.8. The molecule has 0 radical (unpaired) electrons. The largest absolute Gasteiger partial charge is 0.310 e. The Labute approximate surface area is 716 Å². The number of hydrogen-bond acceptors (Lipinski definition) is 2. The van der Waals surface area contributed by atoms with Crippen LogP contribution in [0.5, 0.6) is 0 Å². The third-order valence-corrected chi connectivity index (χ3v) is 28.4. The van der Waals surface area contributed by atoms with E-state index in [1.54, 1.807) is 0 Å². The topological polar surface area (TPSA) is 21.3 Å². The number of aromatic nitrogens is 3. The van der Waals surface area contributed by atoms with Gasteiger partial charge >= 0.3 is 0 Å². The van der Waals surface area contributed by atoms with E-state index in [-0.39, 0.29) is 0 Å². The fraction of sp³-hybridized carbons (Fsp3) is 0.0252. The van der Waals surface area contributed by atoms with E-state index in [2.05, 4.69) is 454 Å². The molecule has 6 aliphatic rings. The number of benzene rings is 20. The Kier molecular flexibility index (Phi) is 13.8. The molecule has 2 aliphatic heterocycles. The van der Waals surface area contributed by atoms with Crippen molar-refractivity contribution in [1.29, 1.82) is 0 Å². The van der Waals surface area contributed by atoms with Gasteiger partial charge in [-0.2, -0.15) is 0 Å². The highest BCUT2D eigenvalue weighted by Crippen LogP contribution is 2.66. The first-order valence-corrected chi connectivity index (χ1v) is 43.3. The molecule has 5 heterocycles. The third kappa shape index (κ3) is 9.05. The van der Waals surface area contributed by atoms with Crippen molar-refractivity contribution in [3.05, 3.63) is 486 Å². The number of anilines is 6. The second-order valence-corrected chi connectivity index (χ2v) is 34.5. The van der Waals surface area contributed by atoms with Crippen LogP contribution in [0.15, 0.2) is 431 Å². The highest BCUT2D eigenvalue weighted by molar-refractivity contribution is 6.19. The number of hydrogen-bond donors (Lipinski definition) is 0. The number of fused-ring (bicyclic) bond motifs is 32. The Balaban J connectivity index is 0.624. The van der Waals surface area contributed by atoms with E-state index in [4.69, 9.17) is 0 Å². The molecule has 0 saturated heterocycles. The fourth-order valence-electron chi connectivity index (χ4n) is 23.5. The van der Waals surface area contributed by atoms with Crippen LogP contribution in [0.25, 0.3) is 160 Å². The smallest absolute Gasteiger partial charge is 0.0760 e. The lowest BCUT2D eigenvalue weighted by molar-refractivity contribution is 0.749. The van der Waals surface area contributed by atoms with Crippen molar-refractivity contribution in [2.75, 3.05) is 9.80 Å². The third-order valence-electron chi connectivity index (χ3n) is 28.4. The van der Waals surface area contributed by atoms with E-state index >= 15 is 0 Å². The quantitative estimate of drug-likeness (QED) is 0.136. The lowest BCUT2D eigenvalue weighted by atomic mass is 9.64. The molecular weight excluding hydrogens is 1500 g/mol. The minimum absolute atomic E-state index is 0.607. The van der Waals surface area contributed by atoms with Gasteiger partial charge in [0.2, 0.25) is 0 Å². The molecule has 0 N–H and O–H groups in total. The molecule has 2 spiro atoms. The summed E-state index contributed by atoms with van der Waals surface area (Å²) in [6.45, 7) is 0. The van der Waals surface area contributed by atoms with Gasteiger partial charge in [0.25, 0.3) is 0 Å². The monoisotopic (exact) mass is 1570 g/mol. The van der Waals surface area contributed by atoms with Gasteiger partial charge in [-0.1, -0.05) is 297 Å². The molecule has 2 atom stereocenters. The Morgan fingerprint density at radius 3 is 1.33 bits per heavy atom. The van der Waals surface area contributed by atoms with E-state index in [0.29, 0.717) is 0 Å². The maximum absolute atomic E-state index is 2.57. The second kappa shape index (κ2) is 25.3. The maximum atomic E-state index is 2.57. The Morgan fingerprint density at radius 2 is 0.661 bits per heavy atom. The predicted molar refractivity (Wildman–Crippen MR) is 515 cm³/mol. The van der Waals surface area contributed by atoms with Crippen LogP contribution < -0.4 is 9.80 Å². The Bertz CT molecular complexity index is 8560. The van der Waals surface area contributed by atoms with Crippen molar-refractivity contribution in [2.24, 2.45) is 0 Å². The van der Waals surface area contributed by atoms with E-state index in [0.717, 1.165) is 62.8 Å². The summed E-state index contributed by atoms with van der Waals surface area (Å²) < 4.78 is 7.60. The Morgan fingerprint density at radius 1 is 0.218 bits per heavy atom. The van der Waals surface area contributed by atoms with Crippen LogP contribution in [-0.4, -0.2) is 13.7 Å². The van der Waals surface area contributed by atoms with Crippen molar-refractivity contribution in [3.8, 4) is 72.7 Å². The van der Waals surface area contributed by atoms with Gasteiger partial charge in [-0.25, -0.2) is 0 Å². The van der Waals surface area contributed by atoms with Crippen molar-refractivity contribution in [1.82, 2.24) is 13.7 Å². The molecule has 0 amide bonds. The lowest BCUT2D eigenvalue weighted by Crippen LogP contribution is -2.33. The molecule has 4 aliphatic carbocycles. The molecule has 29 rings (SSSR count). The highest BCUT2D eigenvalue weighted by atomic mass is 15.2. The zero-order valence-electron chi connectivity index (χ0n) is 67.4. The maximum Gasteiger partial charge on any atom is 0.0760 e. The van der Waals surface area contributed by atoms with E-state index < -0.39 is 10.8 Å². The van der Waals surface area contributed by atoms with Crippen molar-refractivity contribution < 1.29 is 0 Å². The van der Waals surface area contributed by atoms with Crippen LogP contribution in [0.3, 0.4) is 0 Å². The summed E-state index contributed by atoms with van der Waals surface area (Å²) in [7, 11) is 0. The molecular formula is C119H73N5. The standard InChI is InChI=1S/C119H73N5/c1-3-24-75(25-4-1)76-48-53-84(54-49-76)121(85-55-50-77(51-56-85)81-66-73-64-74(65-73)67-81)113-72-99-97-69-80(52-62-101(97)119(115(99)92-33-10-9-30-89(92)113)103-39-15-20-46-111(103)124-108-43-17-12-32-91(108)94-37-22-41-105(119)117(94)124)88-35-23-47-112-114(88)95-34-13-18-44-109(95)122(112)86-59-57-83(58-60-86)120(82-28-5-2-6-29-82)87-61-63-100-98(71-87)96-68-78-26-7-8-27-79(78)70-106(96)118(100)102-38-14-19-45-110(102)123-107-42-16-11-31-90(107)93-36-21-40-104(118)116(93)123/h1-64,66-72H,65H2. The van der Waals surface area contributed by atoms with Gasteiger partial charge in [0.1, 0.15) is 0 Å². The van der Waals surface area contributed by atoms with Crippen LogP contribution in [0, 0.1) is 0 Å². The van der Waals surface area contributed by atoms with Crippen LogP contribution in [-0.2, 0) is 17.3 Å². The van der Waals surface area contributed by atoms with Crippen LogP contribution >= 0.6 is 0 Å². The van der Waals surface area contributed by atoms with Gasteiger partial charge in [0, 0.05) is 71.8 Å². The summed E-state index contributed by atoms with van der Waals surface area (Å²) >= 11 is 0. The minimum Gasteiger partial charge on any atom is -0.310 e. The van der Waals surface area contributed by atoms with Gasteiger partial charge in [-0.15, -0.1) is 0 Å². The molecule has 124 heavy (non-hydrogen) atoms. The van der Waals surface area contributed by atoms with E-state index in [9.17, 15) is 0 Å². The zero-order valence-corrected chi connectivity index (χ0v) is 67.4. The van der Waals surface area contributed by atoms with Gasteiger partial charge in [0.05, 0.1) is 61.0 Å². The first-order valence-electron chi connectivity index (χ1n) is 43.3. The summed E-state index contributed by atoms with van der Waals surface area (Å²) in [6, 6.07) is 164. The highest BCUT2D eigenvalue weighted by Gasteiger charge is 2.54. The first-order chi connectivity index (χ1) is 61.5. The van der Waals surface area contributed by atoms with Gasteiger partial charge in [-0.05, 0) is 267 Å². The van der Waals surface area contributed by atoms with Crippen LogP contribution in [0.4, 0.5) is 34.1 Å². The summed E-state index contributed by atoms with van der Waals surface area (Å²) in [5.74, 6) is 0. The molecule has 3 aromatic heterocycles. The fourth-order valence-corrected chi connectivity index (χ4v) is 23.5. The Hall–Kier alpha value is -16.1. The normalized spacial score (nSPS) is 15.1. The molecule has 5 heteroatoms. The molecule has 5 nitrogen and oxygen atoms in total. The molecule has 0 fully saturated rings. The minimum atomic E-state index is -0.750. The summed E-state index contributed by atoms with van der Waals surface area (Å²) in [6.07, 6.45) is 1.06. The van der Waals surface area contributed by atoms with Crippen molar-refractivity contribution in [3.63, 3.8) is 0 Å². The SMILES string of the molecule is c1ccc(-c2ccc(N(c3ccc(-c4cc5cc(c4)C5)cc3)c3cc4c(c5ccccc35)C3(c5ccc(-c6cccc7c6c6ccccc6n7-c6ccc(N(c7ccccc7)c7ccc8c(c7)-c7cc9ccccc9cc7C87c8ccccc8-n8c9ccccc9c9cccc7c98)cc6)cc5-4)c4ccccc4-n4c5ccccc5c5cccc3c54)cc2)cc1.